The van der Waals surface area contributed by atoms with Crippen molar-refractivity contribution in [3.8, 4) is 0 Å². The van der Waals surface area contributed by atoms with E-state index in [0.29, 0.717) is 0 Å². The Hall–Kier alpha value is -2.13. The standard InChI is InChI=1S/C18H21N3/c1-20(2)11-12-21-14-15(13-16-7-5-6-10-19-16)17-8-3-4-9-18(17)21/h3-10,14H,11-13H2,1-2H3. The van der Waals surface area contributed by atoms with Gasteiger partial charge in [-0.25, -0.2) is 0 Å². The molecule has 3 nitrogen and oxygen atoms in total. The molecule has 3 rings (SSSR count). The second kappa shape index (κ2) is 6.10. The highest BCUT2D eigenvalue weighted by atomic mass is 15.1. The highest BCUT2D eigenvalue weighted by Gasteiger charge is 2.09. The average Bonchev–Trinajstić information content (AvgIpc) is 2.85. The van der Waals surface area contributed by atoms with Gasteiger partial charge < -0.3 is 9.47 Å². The molecular formula is C18H21N3. The van der Waals surface area contributed by atoms with E-state index in [1.807, 2.05) is 18.3 Å². The van der Waals surface area contributed by atoms with Crippen LogP contribution in [0.4, 0.5) is 0 Å². The molecule has 0 spiro atoms. The quantitative estimate of drug-likeness (QED) is 0.715. The normalized spacial score (nSPS) is 11.4. The molecule has 3 aromatic rings. The van der Waals surface area contributed by atoms with Crippen molar-refractivity contribution in [3.05, 3.63) is 66.1 Å². The second-order valence-corrected chi connectivity index (χ2v) is 5.67. The molecule has 1 aromatic carbocycles. The number of pyridine rings is 1. The van der Waals surface area contributed by atoms with Gasteiger partial charge in [-0.1, -0.05) is 24.3 Å². The van der Waals surface area contributed by atoms with Gasteiger partial charge >= 0.3 is 0 Å². The Kier molecular flexibility index (Phi) is 4.02. The summed E-state index contributed by atoms with van der Waals surface area (Å²) in [6.45, 7) is 2.05. The maximum Gasteiger partial charge on any atom is 0.0483 e. The molecule has 0 atom stereocenters. The molecule has 0 radical (unpaired) electrons. The molecule has 0 saturated heterocycles. The fourth-order valence-corrected chi connectivity index (χ4v) is 2.65. The molecule has 2 aromatic heterocycles. The van der Waals surface area contributed by atoms with Gasteiger partial charge in [0.25, 0.3) is 0 Å². The van der Waals surface area contributed by atoms with Crippen LogP contribution in [0.3, 0.4) is 0 Å². The minimum atomic E-state index is 0.885. The van der Waals surface area contributed by atoms with Crippen LogP contribution < -0.4 is 0 Å². The Morgan fingerprint density at radius 2 is 1.86 bits per heavy atom. The zero-order chi connectivity index (χ0) is 14.7. The minimum Gasteiger partial charge on any atom is -0.346 e. The number of para-hydroxylation sites is 1. The highest BCUT2D eigenvalue weighted by Crippen LogP contribution is 2.23. The first-order chi connectivity index (χ1) is 10.2. The van der Waals surface area contributed by atoms with E-state index in [1.165, 1.54) is 16.5 Å². The molecule has 0 fully saturated rings. The van der Waals surface area contributed by atoms with Crippen LogP contribution in [0.1, 0.15) is 11.3 Å². The van der Waals surface area contributed by atoms with Gasteiger partial charge in [-0.15, -0.1) is 0 Å². The summed E-state index contributed by atoms with van der Waals surface area (Å²) in [6.07, 6.45) is 5.03. The second-order valence-electron chi connectivity index (χ2n) is 5.67. The zero-order valence-electron chi connectivity index (χ0n) is 12.7. The van der Waals surface area contributed by atoms with Gasteiger partial charge in [-0.3, -0.25) is 4.98 Å². The number of hydrogen-bond acceptors (Lipinski definition) is 2. The summed E-state index contributed by atoms with van der Waals surface area (Å²) in [5, 5.41) is 1.34. The highest BCUT2D eigenvalue weighted by molar-refractivity contribution is 5.84. The number of benzene rings is 1. The van der Waals surface area contributed by atoms with E-state index in [9.17, 15) is 0 Å². The van der Waals surface area contributed by atoms with E-state index in [0.717, 1.165) is 25.2 Å². The van der Waals surface area contributed by atoms with Crippen molar-refractivity contribution in [2.45, 2.75) is 13.0 Å². The monoisotopic (exact) mass is 279 g/mol. The lowest BCUT2D eigenvalue weighted by Gasteiger charge is -2.10. The Labute approximate surface area is 125 Å². The van der Waals surface area contributed by atoms with Gasteiger partial charge in [0.05, 0.1) is 0 Å². The number of hydrogen-bond donors (Lipinski definition) is 0. The molecule has 0 aliphatic rings. The number of rotatable bonds is 5. The summed E-state index contributed by atoms with van der Waals surface area (Å²) in [4.78, 5) is 6.66. The van der Waals surface area contributed by atoms with Crippen LogP contribution in [0.25, 0.3) is 10.9 Å². The largest absolute Gasteiger partial charge is 0.346 e. The molecule has 0 saturated carbocycles. The third-order valence-electron chi connectivity index (χ3n) is 3.76. The van der Waals surface area contributed by atoms with Crippen LogP contribution in [0, 0.1) is 0 Å². The van der Waals surface area contributed by atoms with Crippen LogP contribution >= 0.6 is 0 Å². The first kappa shape index (κ1) is 13.8. The van der Waals surface area contributed by atoms with Gasteiger partial charge in [0.1, 0.15) is 0 Å². The topological polar surface area (TPSA) is 21.1 Å². The maximum absolute atomic E-state index is 4.45. The van der Waals surface area contributed by atoms with Gasteiger partial charge in [0.2, 0.25) is 0 Å². The number of aromatic nitrogens is 2. The van der Waals surface area contributed by atoms with Crippen molar-refractivity contribution in [1.29, 1.82) is 0 Å². The zero-order valence-corrected chi connectivity index (χ0v) is 12.7. The number of nitrogens with zero attached hydrogens (tertiary/aromatic N) is 3. The SMILES string of the molecule is CN(C)CCn1cc(Cc2ccccn2)c2ccccc21. The van der Waals surface area contributed by atoms with E-state index in [1.54, 1.807) is 0 Å². The van der Waals surface area contributed by atoms with E-state index in [-0.39, 0.29) is 0 Å². The first-order valence-corrected chi connectivity index (χ1v) is 7.35. The lowest BCUT2D eigenvalue weighted by molar-refractivity contribution is 0.387. The Morgan fingerprint density at radius 1 is 1.05 bits per heavy atom. The van der Waals surface area contributed by atoms with Crippen LogP contribution in [0.15, 0.2) is 54.9 Å². The molecule has 0 unspecified atom stereocenters. The van der Waals surface area contributed by atoms with E-state index >= 15 is 0 Å². The third kappa shape index (κ3) is 3.14. The summed E-state index contributed by atoms with van der Waals surface area (Å²) in [5.74, 6) is 0. The molecule has 108 valence electrons. The van der Waals surface area contributed by atoms with Crippen LogP contribution in [0.2, 0.25) is 0 Å². The minimum absolute atomic E-state index is 0.885. The predicted octanol–water partition coefficient (Wildman–Crippen LogP) is 3.19. The van der Waals surface area contributed by atoms with Gasteiger partial charge in [0, 0.05) is 48.5 Å². The van der Waals surface area contributed by atoms with Crippen molar-refractivity contribution < 1.29 is 0 Å². The van der Waals surface area contributed by atoms with Crippen molar-refractivity contribution in [2.24, 2.45) is 0 Å². The average molecular weight is 279 g/mol. The van der Waals surface area contributed by atoms with Crippen LogP contribution in [-0.2, 0) is 13.0 Å². The summed E-state index contributed by atoms with van der Waals surface area (Å²) in [5.41, 5.74) is 3.78. The molecule has 2 heterocycles. The third-order valence-corrected chi connectivity index (χ3v) is 3.76. The summed E-state index contributed by atoms with van der Waals surface area (Å²) in [7, 11) is 4.22. The predicted molar refractivity (Wildman–Crippen MR) is 87.5 cm³/mol. The van der Waals surface area contributed by atoms with Crippen LogP contribution in [0.5, 0.6) is 0 Å². The van der Waals surface area contributed by atoms with Crippen molar-refractivity contribution in [3.63, 3.8) is 0 Å². The molecule has 0 N–H and O–H groups in total. The van der Waals surface area contributed by atoms with E-state index in [4.69, 9.17) is 0 Å². The summed E-state index contributed by atoms with van der Waals surface area (Å²) >= 11 is 0. The fraction of sp³-hybridized carbons (Fsp3) is 0.278. The fourth-order valence-electron chi connectivity index (χ4n) is 2.65. The Bertz CT molecular complexity index is 714. The molecule has 0 bridgehead atoms. The van der Waals surface area contributed by atoms with Crippen molar-refractivity contribution >= 4 is 10.9 Å². The maximum atomic E-state index is 4.45. The lowest BCUT2D eigenvalue weighted by Crippen LogP contribution is -2.17. The smallest absolute Gasteiger partial charge is 0.0483 e. The molecule has 0 amide bonds. The molecule has 0 aliphatic carbocycles. The molecular weight excluding hydrogens is 258 g/mol. The molecule has 0 aliphatic heterocycles. The number of fused-ring (bicyclic) bond motifs is 1. The van der Waals surface area contributed by atoms with E-state index in [2.05, 4.69) is 65.1 Å². The van der Waals surface area contributed by atoms with Crippen molar-refractivity contribution in [2.75, 3.05) is 20.6 Å². The van der Waals surface area contributed by atoms with E-state index < -0.39 is 0 Å². The van der Waals surface area contributed by atoms with Crippen LogP contribution in [-0.4, -0.2) is 35.1 Å². The Morgan fingerprint density at radius 3 is 2.62 bits per heavy atom. The van der Waals surface area contributed by atoms with Gasteiger partial charge in [-0.2, -0.15) is 0 Å². The molecule has 21 heavy (non-hydrogen) atoms. The van der Waals surface area contributed by atoms with Crippen molar-refractivity contribution in [1.82, 2.24) is 14.5 Å². The Balaban J connectivity index is 1.95. The molecule has 3 heteroatoms. The van der Waals surface area contributed by atoms with Gasteiger partial charge in [-0.05, 0) is 37.9 Å². The number of likely N-dealkylation sites (N-methyl/N-ethyl adjacent to an activating group) is 1. The lowest BCUT2D eigenvalue weighted by atomic mass is 10.1. The van der Waals surface area contributed by atoms with Gasteiger partial charge in [0.15, 0.2) is 0 Å². The first-order valence-electron chi connectivity index (χ1n) is 7.35. The summed E-state index contributed by atoms with van der Waals surface area (Å²) in [6, 6.07) is 14.7. The summed E-state index contributed by atoms with van der Waals surface area (Å²) < 4.78 is 2.35.